The summed E-state index contributed by atoms with van der Waals surface area (Å²) in [5, 5.41) is 2.93. The van der Waals surface area contributed by atoms with E-state index >= 15 is 0 Å². The third-order valence-electron chi connectivity index (χ3n) is 2.30. The van der Waals surface area contributed by atoms with Gasteiger partial charge < -0.3 is 19.5 Å². The summed E-state index contributed by atoms with van der Waals surface area (Å²) in [4.78, 5) is 10.5. The van der Waals surface area contributed by atoms with E-state index < -0.39 is 0 Å². The van der Waals surface area contributed by atoms with Crippen LogP contribution in [0.5, 0.6) is 17.2 Å². The SMILES string of the molecule is CC.CNc1ccc2c(c1OC=O)OC(C)CO2. The molecular weight excluding hydrogens is 234 g/mol. The molecule has 2 rings (SSSR count). The molecule has 0 bridgehead atoms. The van der Waals surface area contributed by atoms with Gasteiger partial charge in [0.05, 0.1) is 5.69 Å². The number of rotatable bonds is 3. The Kier molecular flexibility index (Phi) is 5.30. The summed E-state index contributed by atoms with van der Waals surface area (Å²) in [7, 11) is 1.74. The van der Waals surface area contributed by atoms with Crippen LogP contribution in [0.1, 0.15) is 20.8 Å². The fourth-order valence-electron chi connectivity index (χ4n) is 1.57. The van der Waals surface area contributed by atoms with E-state index in [1.807, 2.05) is 20.8 Å². The highest BCUT2D eigenvalue weighted by molar-refractivity contribution is 5.71. The van der Waals surface area contributed by atoms with Gasteiger partial charge in [-0.05, 0) is 19.1 Å². The first kappa shape index (κ1) is 14.2. The second-order valence-corrected chi connectivity index (χ2v) is 3.47. The lowest BCUT2D eigenvalue weighted by atomic mass is 10.2. The van der Waals surface area contributed by atoms with Crippen molar-refractivity contribution in [3.8, 4) is 17.2 Å². The highest BCUT2D eigenvalue weighted by Gasteiger charge is 2.24. The first-order valence-corrected chi connectivity index (χ1v) is 6.00. The van der Waals surface area contributed by atoms with E-state index in [0.29, 0.717) is 36.0 Å². The van der Waals surface area contributed by atoms with Gasteiger partial charge in [-0.1, -0.05) is 13.8 Å². The van der Waals surface area contributed by atoms with Crippen molar-refractivity contribution in [2.24, 2.45) is 0 Å². The number of benzene rings is 1. The van der Waals surface area contributed by atoms with Gasteiger partial charge in [-0.3, -0.25) is 4.79 Å². The summed E-state index contributed by atoms with van der Waals surface area (Å²) in [6.45, 7) is 6.76. The highest BCUT2D eigenvalue weighted by atomic mass is 16.6. The summed E-state index contributed by atoms with van der Waals surface area (Å²) in [6, 6.07) is 3.56. The van der Waals surface area contributed by atoms with E-state index in [4.69, 9.17) is 14.2 Å². The van der Waals surface area contributed by atoms with Gasteiger partial charge in [0, 0.05) is 7.05 Å². The number of carbonyl (C=O) groups is 1. The van der Waals surface area contributed by atoms with Crippen LogP contribution in [0.4, 0.5) is 5.69 Å². The zero-order chi connectivity index (χ0) is 13.5. The lowest BCUT2D eigenvalue weighted by Gasteiger charge is -2.26. The molecule has 0 saturated heterocycles. The van der Waals surface area contributed by atoms with Crippen molar-refractivity contribution >= 4 is 12.2 Å². The quantitative estimate of drug-likeness (QED) is 0.838. The molecule has 1 aliphatic heterocycles. The van der Waals surface area contributed by atoms with Crippen molar-refractivity contribution in [3.63, 3.8) is 0 Å². The van der Waals surface area contributed by atoms with Gasteiger partial charge >= 0.3 is 0 Å². The third kappa shape index (κ3) is 2.85. The molecule has 0 aromatic heterocycles. The average Bonchev–Trinajstić information content (AvgIpc) is 2.42. The van der Waals surface area contributed by atoms with Crippen LogP contribution in [-0.2, 0) is 4.79 Å². The van der Waals surface area contributed by atoms with Crippen molar-refractivity contribution in [2.75, 3.05) is 19.0 Å². The third-order valence-corrected chi connectivity index (χ3v) is 2.30. The molecule has 1 atom stereocenters. The van der Waals surface area contributed by atoms with Gasteiger partial charge in [0.2, 0.25) is 5.75 Å². The summed E-state index contributed by atoms with van der Waals surface area (Å²) >= 11 is 0. The molecule has 5 nitrogen and oxygen atoms in total. The monoisotopic (exact) mass is 253 g/mol. The highest BCUT2D eigenvalue weighted by Crippen LogP contribution is 2.44. The number of hydrogen-bond donors (Lipinski definition) is 1. The number of ether oxygens (including phenoxy) is 3. The predicted octanol–water partition coefficient (Wildman–Crippen LogP) is 2.45. The van der Waals surface area contributed by atoms with Gasteiger partial charge in [0.25, 0.3) is 6.47 Å². The lowest BCUT2D eigenvalue weighted by molar-refractivity contribution is -0.120. The van der Waals surface area contributed by atoms with Crippen LogP contribution in [0.15, 0.2) is 12.1 Å². The normalized spacial score (nSPS) is 16.1. The van der Waals surface area contributed by atoms with E-state index in [9.17, 15) is 4.79 Å². The Morgan fingerprint density at radius 1 is 1.44 bits per heavy atom. The van der Waals surface area contributed by atoms with Crippen LogP contribution >= 0.6 is 0 Å². The standard InChI is InChI=1S/C11H13NO4.C2H6/c1-7-5-14-9-4-3-8(12-2)10(15-6-13)11(9)16-7;1-2/h3-4,6-7,12H,5H2,1-2H3;1-2H3. The summed E-state index contributed by atoms with van der Waals surface area (Å²) in [5.41, 5.74) is 0.684. The minimum absolute atomic E-state index is 0.0615. The smallest absolute Gasteiger partial charge is 0.298 e. The van der Waals surface area contributed by atoms with Gasteiger partial charge in [-0.2, -0.15) is 0 Å². The molecular formula is C13H19NO4. The fraction of sp³-hybridized carbons (Fsp3) is 0.462. The molecule has 18 heavy (non-hydrogen) atoms. The molecule has 5 heteroatoms. The van der Waals surface area contributed by atoms with Crippen molar-refractivity contribution in [1.82, 2.24) is 0 Å². The van der Waals surface area contributed by atoms with Gasteiger partial charge in [-0.15, -0.1) is 0 Å². The van der Waals surface area contributed by atoms with Gasteiger partial charge in [0.15, 0.2) is 11.5 Å². The van der Waals surface area contributed by atoms with Crippen LogP contribution in [0.2, 0.25) is 0 Å². The van der Waals surface area contributed by atoms with E-state index in [-0.39, 0.29) is 6.10 Å². The molecule has 1 N–H and O–H groups in total. The van der Waals surface area contributed by atoms with Crippen LogP contribution < -0.4 is 19.5 Å². The fourth-order valence-corrected chi connectivity index (χ4v) is 1.57. The Bertz CT molecular complexity index is 406. The molecule has 1 unspecified atom stereocenters. The zero-order valence-electron chi connectivity index (χ0n) is 11.1. The molecule has 1 aromatic rings. The Morgan fingerprint density at radius 3 is 2.78 bits per heavy atom. The Labute approximate surface area is 107 Å². The molecule has 1 aromatic carbocycles. The van der Waals surface area contributed by atoms with Crippen molar-refractivity contribution in [1.29, 1.82) is 0 Å². The number of carbonyl (C=O) groups excluding carboxylic acids is 1. The van der Waals surface area contributed by atoms with Gasteiger partial charge in [-0.25, -0.2) is 0 Å². The molecule has 100 valence electrons. The average molecular weight is 253 g/mol. The summed E-state index contributed by atoms with van der Waals surface area (Å²) in [5.74, 6) is 1.42. The van der Waals surface area contributed by atoms with E-state index in [1.54, 1.807) is 19.2 Å². The zero-order valence-corrected chi connectivity index (χ0v) is 11.1. The van der Waals surface area contributed by atoms with Gasteiger partial charge in [0.1, 0.15) is 12.7 Å². The second kappa shape index (κ2) is 6.74. The minimum Gasteiger partial charge on any atom is -0.486 e. The van der Waals surface area contributed by atoms with E-state index in [0.717, 1.165) is 0 Å². The maximum absolute atomic E-state index is 10.5. The van der Waals surface area contributed by atoms with E-state index in [2.05, 4.69) is 5.32 Å². The van der Waals surface area contributed by atoms with Crippen LogP contribution in [0, 0.1) is 0 Å². The number of anilines is 1. The summed E-state index contributed by atoms with van der Waals surface area (Å²) in [6.07, 6.45) is -0.0615. The number of hydrogen-bond acceptors (Lipinski definition) is 5. The molecule has 0 radical (unpaired) electrons. The van der Waals surface area contributed by atoms with Crippen molar-refractivity contribution in [3.05, 3.63) is 12.1 Å². The summed E-state index contributed by atoms with van der Waals surface area (Å²) < 4.78 is 16.0. The molecule has 0 amide bonds. The maximum Gasteiger partial charge on any atom is 0.298 e. The molecule has 1 aliphatic rings. The Balaban J connectivity index is 0.000000771. The first-order valence-electron chi connectivity index (χ1n) is 6.00. The molecule has 0 aliphatic carbocycles. The van der Waals surface area contributed by atoms with E-state index in [1.165, 1.54) is 0 Å². The predicted molar refractivity (Wildman–Crippen MR) is 69.6 cm³/mol. The topological polar surface area (TPSA) is 56.8 Å². The van der Waals surface area contributed by atoms with Crippen LogP contribution in [0.25, 0.3) is 0 Å². The number of nitrogens with one attached hydrogen (secondary N) is 1. The Hall–Kier alpha value is -1.91. The maximum atomic E-state index is 10.5. The Morgan fingerprint density at radius 2 is 2.17 bits per heavy atom. The largest absolute Gasteiger partial charge is 0.486 e. The molecule has 0 spiro atoms. The van der Waals surface area contributed by atoms with Crippen molar-refractivity contribution < 1.29 is 19.0 Å². The molecule has 0 fully saturated rings. The minimum atomic E-state index is -0.0615. The second-order valence-electron chi connectivity index (χ2n) is 3.47. The van der Waals surface area contributed by atoms with Crippen LogP contribution in [0.3, 0.4) is 0 Å². The molecule has 0 saturated carbocycles. The molecule has 1 heterocycles. The first-order chi connectivity index (χ1) is 8.76. The number of fused-ring (bicyclic) bond motifs is 1. The van der Waals surface area contributed by atoms with Crippen molar-refractivity contribution in [2.45, 2.75) is 26.9 Å². The lowest BCUT2D eigenvalue weighted by Crippen LogP contribution is -2.26. The van der Waals surface area contributed by atoms with Crippen LogP contribution in [-0.4, -0.2) is 26.2 Å².